The second kappa shape index (κ2) is 8.99. The Bertz CT molecular complexity index is 612. The molecule has 0 aliphatic heterocycles. The van der Waals surface area contributed by atoms with Crippen LogP contribution in [0.25, 0.3) is 0 Å². The van der Waals surface area contributed by atoms with Crippen molar-refractivity contribution in [3.8, 4) is 5.75 Å². The van der Waals surface area contributed by atoms with Crippen LogP contribution >= 0.6 is 11.3 Å². The monoisotopic (exact) mass is 333 g/mol. The molecule has 7 heteroatoms. The van der Waals surface area contributed by atoms with E-state index in [0.717, 1.165) is 22.5 Å². The van der Waals surface area contributed by atoms with Crippen molar-refractivity contribution in [1.29, 1.82) is 0 Å². The van der Waals surface area contributed by atoms with E-state index in [0.29, 0.717) is 19.7 Å². The van der Waals surface area contributed by atoms with Gasteiger partial charge in [0.15, 0.2) is 11.1 Å². The van der Waals surface area contributed by atoms with E-state index in [4.69, 9.17) is 4.74 Å². The Morgan fingerprint density at radius 2 is 2.04 bits per heavy atom. The first-order valence-corrected chi connectivity index (χ1v) is 8.31. The van der Waals surface area contributed by atoms with Gasteiger partial charge in [0.05, 0.1) is 18.8 Å². The predicted octanol–water partition coefficient (Wildman–Crippen LogP) is 1.95. The van der Waals surface area contributed by atoms with E-state index in [9.17, 15) is 0 Å². The van der Waals surface area contributed by atoms with Gasteiger partial charge in [-0.05, 0) is 12.1 Å². The third-order valence-corrected chi connectivity index (χ3v) is 4.05. The maximum Gasteiger partial charge on any atom is 0.191 e. The van der Waals surface area contributed by atoms with Crippen molar-refractivity contribution in [2.75, 3.05) is 39.2 Å². The Morgan fingerprint density at radius 1 is 1.26 bits per heavy atom. The molecule has 0 saturated heterocycles. The van der Waals surface area contributed by atoms with Crippen molar-refractivity contribution in [2.24, 2.45) is 4.99 Å². The summed E-state index contributed by atoms with van der Waals surface area (Å²) in [6.07, 6.45) is 0. The molecule has 1 aromatic carbocycles. The van der Waals surface area contributed by atoms with E-state index in [1.807, 2.05) is 54.7 Å². The molecule has 0 bridgehead atoms. The third-order valence-electron chi connectivity index (χ3n) is 2.99. The lowest BCUT2D eigenvalue weighted by Gasteiger charge is -2.12. The molecule has 0 aliphatic rings. The average molecular weight is 333 g/mol. The summed E-state index contributed by atoms with van der Waals surface area (Å²) < 4.78 is 5.63. The van der Waals surface area contributed by atoms with Crippen molar-refractivity contribution in [2.45, 2.75) is 6.54 Å². The van der Waals surface area contributed by atoms with Crippen LogP contribution in [0.2, 0.25) is 0 Å². The van der Waals surface area contributed by atoms with Crippen molar-refractivity contribution in [3.05, 3.63) is 41.4 Å². The highest BCUT2D eigenvalue weighted by Gasteiger charge is 2.04. The molecule has 1 aromatic heterocycles. The normalized spacial score (nSPS) is 11.2. The van der Waals surface area contributed by atoms with E-state index in [1.54, 1.807) is 18.4 Å². The Labute approximate surface area is 141 Å². The van der Waals surface area contributed by atoms with Crippen LogP contribution in [0.4, 0.5) is 5.13 Å². The van der Waals surface area contributed by atoms with Gasteiger partial charge in [-0.25, -0.2) is 4.98 Å². The van der Waals surface area contributed by atoms with E-state index in [-0.39, 0.29) is 0 Å². The highest BCUT2D eigenvalue weighted by molar-refractivity contribution is 7.13. The standard InChI is InChI=1S/C16H23N5OS/c1-17-15(18-9-10-22-14-7-5-4-6-8-14)19-11-13-12-23-16(20-13)21(2)3/h4-8,12H,9-11H2,1-3H3,(H2,17,18,19). The number of benzene rings is 1. The minimum Gasteiger partial charge on any atom is -0.492 e. The van der Waals surface area contributed by atoms with E-state index < -0.39 is 0 Å². The molecule has 0 spiro atoms. The van der Waals surface area contributed by atoms with Gasteiger partial charge in [-0.1, -0.05) is 18.2 Å². The van der Waals surface area contributed by atoms with E-state index >= 15 is 0 Å². The van der Waals surface area contributed by atoms with Crippen LogP contribution in [-0.2, 0) is 6.54 Å². The van der Waals surface area contributed by atoms with Crippen molar-refractivity contribution < 1.29 is 4.74 Å². The number of para-hydroxylation sites is 1. The highest BCUT2D eigenvalue weighted by Crippen LogP contribution is 2.17. The first kappa shape index (κ1) is 17.1. The number of anilines is 1. The molecule has 0 radical (unpaired) electrons. The molecule has 2 N–H and O–H groups in total. The predicted molar refractivity (Wildman–Crippen MR) is 96.6 cm³/mol. The number of ether oxygens (including phenoxy) is 1. The van der Waals surface area contributed by atoms with Crippen LogP contribution < -0.4 is 20.3 Å². The summed E-state index contributed by atoms with van der Waals surface area (Å²) in [7, 11) is 5.73. The van der Waals surface area contributed by atoms with Gasteiger partial charge in [0.25, 0.3) is 0 Å². The van der Waals surface area contributed by atoms with Gasteiger partial charge in [0.2, 0.25) is 0 Å². The molecule has 0 fully saturated rings. The Hall–Kier alpha value is -2.28. The third kappa shape index (κ3) is 5.78. The molecule has 0 amide bonds. The average Bonchev–Trinajstić information content (AvgIpc) is 3.04. The van der Waals surface area contributed by atoms with Crippen LogP contribution in [0, 0.1) is 0 Å². The number of nitrogens with one attached hydrogen (secondary N) is 2. The highest BCUT2D eigenvalue weighted by atomic mass is 32.1. The van der Waals surface area contributed by atoms with Gasteiger partial charge in [0.1, 0.15) is 12.4 Å². The molecular formula is C16H23N5OS. The van der Waals surface area contributed by atoms with Crippen LogP contribution in [-0.4, -0.2) is 45.2 Å². The second-order valence-electron chi connectivity index (χ2n) is 5.03. The Morgan fingerprint density at radius 3 is 2.70 bits per heavy atom. The minimum atomic E-state index is 0.576. The summed E-state index contributed by atoms with van der Waals surface area (Å²) in [5.74, 6) is 1.61. The van der Waals surface area contributed by atoms with E-state index in [2.05, 4.69) is 20.6 Å². The summed E-state index contributed by atoms with van der Waals surface area (Å²) in [6, 6.07) is 9.77. The van der Waals surface area contributed by atoms with Gasteiger partial charge in [-0.3, -0.25) is 4.99 Å². The number of aromatic nitrogens is 1. The smallest absolute Gasteiger partial charge is 0.191 e. The number of aliphatic imine (C=N–C) groups is 1. The van der Waals surface area contributed by atoms with Gasteiger partial charge in [-0.2, -0.15) is 0 Å². The molecule has 0 saturated carbocycles. The van der Waals surface area contributed by atoms with Gasteiger partial charge in [0, 0.05) is 26.5 Å². The van der Waals surface area contributed by atoms with Crippen LogP contribution in [0.15, 0.2) is 40.7 Å². The minimum absolute atomic E-state index is 0.576. The zero-order chi connectivity index (χ0) is 16.5. The Balaban J connectivity index is 1.69. The summed E-state index contributed by atoms with van der Waals surface area (Å²) in [5, 5.41) is 9.51. The van der Waals surface area contributed by atoms with Crippen LogP contribution in [0.5, 0.6) is 5.75 Å². The lowest BCUT2D eigenvalue weighted by molar-refractivity contribution is 0.322. The second-order valence-corrected chi connectivity index (χ2v) is 5.87. The molecule has 6 nitrogen and oxygen atoms in total. The number of thiazole rings is 1. The molecule has 0 aliphatic carbocycles. The fraction of sp³-hybridized carbons (Fsp3) is 0.375. The van der Waals surface area contributed by atoms with Crippen molar-refractivity contribution >= 4 is 22.4 Å². The van der Waals surface area contributed by atoms with Crippen LogP contribution in [0.1, 0.15) is 5.69 Å². The molecule has 124 valence electrons. The molecular weight excluding hydrogens is 310 g/mol. The quantitative estimate of drug-likeness (QED) is 0.461. The van der Waals surface area contributed by atoms with E-state index in [1.165, 1.54) is 0 Å². The van der Waals surface area contributed by atoms with Crippen molar-refractivity contribution in [1.82, 2.24) is 15.6 Å². The number of nitrogens with zero attached hydrogens (tertiary/aromatic N) is 3. The first-order valence-electron chi connectivity index (χ1n) is 7.43. The maximum absolute atomic E-state index is 5.63. The summed E-state index contributed by atoms with van der Waals surface area (Å²) >= 11 is 1.63. The summed E-state index contributed by atoms with van der Waals surface area (Å²) in [5.41, 5.74) is 1.00. The van der Waals surface area contributed by atoms with Crippen molar-refractivity contribution in [3.63, 3.8) is 0 Å². The number of guanidine groups is 1. The summed E-state index contributed by atoms with van der Waals surface area (Å²) in [6.45, 7) is 1.89. The molecule has 2 aromatic rings. The number of hydrogen-bond acceptors (Lipinski definition) is 5. The molecule has 0 unspecified atom stereocenters. The molecule has 23 heavy (non-hydrogen) atoms. The Kier molecular flexibility index (Phi) is 6.68. The lowest BCUT2D eigenvalue weighted by Crippen LogP contribution is -2.38. The zero-order valence-corrected chi connectivity index (χ0v) is 14.6. The van der Waals surface area contributed by atoms with Gasteiger partial charge >= 0.3 is 0 Å². The number of rotatable bonds is 7. The fourth-order valence-corrected chi connectivity index (χ4v) is 2.59. The van der Waals surface area contributed by atoms with Gasteiger partial charge < -0.3 is 20.3 Å². The molecule has 0 atom stereocenters. The van der Waals surface area contributed by atoms with Gasteiger partial charge in [-0.15, -0.1) is 11.3 Å². The number of hydrogen-bond donors (Lipinski definition) is 2. The molecule has 1 heterocycles. The first-order chi connectivity index (χ1) is 11.2. The maximum atomic E-state index is 5.63. The topological polar surface area (TPSA) is 61.8 Å². The summed E-state index contributed by atoms with van der Waals surface area (Å²) in [4.78, 5) is 10.7. The fourth-order valence-electron chi connectivity index (χ4n) is 1.83. The largest absolute Gasteiger partial charge is 0.492 e. The van der Waals surface area contributed by atoms with Crippen LogP contribution in [0.3, 0.4) is 0 Å². The molecule has 2 rings (SSSR count). The SMILES string of the molecule is CN=C(NCCOc1ccccc1)NCc1csc(N(C)C)n1. The lowest BCUT2D eigenvalue weighted by atomic mass is 10.3. The zero-order valence-electron chi connectivity index (χ0n) is 13.7.